The van der Waals surface area contributed by atoms with Gasteiger partial charge in [-0.2, -0.15) is 0 Å². The van der Waals surface area contributed by atoms with E-state index >= 15 is 0 Å². The third-order valence-electron chi connectivity index (χ3n) is 6.69. The molecule has 1 amide bonds. The first-order chi connectivity index (χ1) is 16.4. The van der Waals surface area contributed by atoms with E-state index < -0.39 is 12.0 Å². The molecule has 2 aliphatic heterocycles. The molecule has 1 fully saturated rings. The highest BCUT2D eigenvalue weighted by Gasteiger charge is 2.36. The molecule has 2 aromatic rings. The maximum atomic E-state index is 13.8. The van der Waals surface area contributed by atoms with Gasteiger partial charge >= 0.3 is 5.97 Å². The van der Waals surface area contributed by atoms with Gasteiger partial charge in [0, 0.05) is 56.6 Å². The van der Waals surface area contributed by atoms with Crippen molar-refractivity contribution in [3.8, 4) is 5.75 Å². The number of aromatic nitrogens is 2. The van der Waals surface area contributed by atoms with E-state index in [-0.39, 0.29) is 17.2 Å². The lowest BCUT2D eigenvalue weighted by molar-refractivity contribution is -0.147. The number of rotatable bonds is 5. The Morgan fingerprint density at radius 1 is 1.12 bits per heavy atom. The molecule has 0 bridgehead atoms. The summed E-state index contributed by atoms with van der Waals surface area (Å²) in [5, 5.41) is 0. The molecule has 0 radical (unpaired) electrons. The smallest absolute Gasteiger partial charge is 0.328 e. The number of esters is 1. The number of hydrogen-bond acceptors (Lipinski definition) is 7. The first-order valence-electron chi connectivity index (χ1n) is 11.8. The second kappa shape index (κ2) is 10.4. The maximum absolute atomic E-state index is 13.8. The largest absolute Gasteiger partial charge is 0.496 e. The number of nitrogens with zero attached hydrogens (tertiary/aromatic N) is 4. The van der Waals surface area contributed by atoms with Crippen molar-refractivity contribution in [1.29, 1.82) is 0 Å². The van der Waals surface area contributed by atoms with Crippen LogP contribution in [0.2, 0.25) is 0 Å². The Morgan fingerprint density at radius 2 is 1.94 bits per heavy atom. The van der Waals surface area contributed by atoms with Crippen molar-refractivity contribution in [1.82, 2.24) is 19.4 Å². The molecule has 0 unspecified atom stereocenters. The van der Waals surface area contributed by atoms with Gasteiger partial charge < -0.3 is 18.9 Å². The van der Waals surface area contributed by atoms with Crippen LogP contribution in [-0.2, 0) is 29.0 Å². The van der Waals surface area contributed by atoms with E-state index in [1.807, 2.05) is 25.1 Å². The molecule has 34 heavy (non-hydrogen) atoms. The lowest BCUT2D eigenvalue weighted by Gasteiger charge is -2.34. The van der Waals surface area contributed by atoms with Gasteiger partial charge in [0.05, 0.1) is 19.9 Å². The van der Waals surface area contributed by atoms with Crippen molar-refractivity contribution in [3.05, 3.63) is 57.3 Å². The van der Waals surface area contributed by atoms with E-state index in [4.69, 9.17) is 9.47 Å². The van der Waals surface area contributed by atoms with Gasteiger partial charge in [0.2, 0.25) is 0 Å². The van der Waals surface area contributed by atoms with Crippen molar-refractivity contribution in [3.63, 3.8) is 0 Å². The number of carbonyl (C=O) groups excluding carboxylic acids is 2. The van der Waals surface area contributed by atoms with E-state index in [0.717, 1.165) is 24.2 Å². The number of hydrogen-bond donors (Lipinski definition) is 0. The molecule has 182 valence electrons. The van der Waals surface area contributed by atoms with Crippen LogP contribution in [0.3, 0.4) is 0 Å². The van der Waals surface area contributed by atoms with Crippen LogP contribution in [0.1, 0.15) is 46.7 Å². The quantitative estimate of drug-likeness (QED) is 0.618. The van der Waals surface area contributed by atoms with Gasteiger partial charge in [-0.1, -0.05) is 6.07 Å². The Hall–Kier alpha value is -3.20. The predicted octanol–water partition coefficient (Wildman–Crippen LogP) is 1.79. The molecule has 0 N–H and O–H groups in total. The van der Waals surface area contributed by atoms with Gasteiger partial charge in [0.1, 0.15) is 17.4 Å². The van der Waals surface area contributed by atoms with Crippen LogP contribution >= 0.6 is 0 Å². The van der Waals surface area contributed by atoms with Crippen molar-refractivity contribution in [2.45, 2.75) is 51.7 Å². The zero-order valence-corrected chi connectivity index (χ0v) is 20.1. The van der Waals surface area contributed by atoms with Crippen molar-refractivity contribution in [2.75, 3.05) is 33.9 Å². The minimum Gasteiger partial charge on any atom is -0.496 e. The van der Waals surface area contributed by atoms with E-state index in [1.54, 1.807) is 9.47 Å². The average molecular weight is 469 g/mol. The molecule has 9 nitrogen and oxygen atoms in total. The molecule has 4 rings (SSSR count). The van der Waals surface area contributed by atoms with Crippen LogP contribution < -0.4 is 10.3 Å². The normalized spacial score (nSPS) is 18.7. The van der Waals surface area contributed by atoms with Crippen LogP contribution in [0, 0.1) is 6.92 Å². The average Bonchev–Trinajstić information content (AvgIpc) is 3.06. The van der Waals surface area contributed by atoms with Crippen molar-refractivity contribution in [2.24, 2.45) is 0 Å². The Balaban J connectivity index is 1.66. The van der Waals surface area contributed by atoms with Crippen molar-refractivity contribution >= 4 is 11.9 Å². The van der Waals surface area contributed by atoms with Crippen LogP contribution in [0.25, 0.3) is 0 Å². The summed E-state index contributed by atoms with van der Waals surface area (Å²) in [6.45, 7) is 4.89. The fourth-order valence-corrected chi connectivity index (χ4v) is 4.96. The second-order valence-corrected chi connectivity index (χ2v) is 8.85. The number of piperidine rings is 1. The number of carbonyl (C=O) groups is 2. The molecule has 0 spiro atoms. The van der Waals surface area contributed by atoms with Crippen LogP contribution in [0.4, 0.5) is 0 Å². The predicted molar refractivity (Wildman–Crippen MR) is 126 cm³/mol. The SMILES string of the molecule is COC(=O)[C@H]1CCCCN1C(=O)c1c(OC)cc(=O)n2c1CCN(Cc1cccc(C)n1)CC2. The number of amides is 1. The Morgan fingerprint density at radius 3 is 2.68 bits per heavy atom. The standard InChI is InChI=1S/C25H32N4O5/c1-17-7-6-8-18(26-17)16-27-12-10-19-23(21(33-2)15-22(30)28(19)14-13-27)24(31)29-11-5-4-9-20(29)25(32)34-3/h6-8,15,20H,4-5,9-14,16H2,1-3H3/t20-/m1/s1. The van der Waals surface area contributed by atoms with Gasteiger partial charge in [-0.15, -0.1) is 0 Å². The molecule has 2 aromatic heterocycles. The fourth-order valence-electron chi connectivity index (χ4n) is 4.96. The van der Waals surface area contributed by atoms with E-state index in [2.05, 4.69) is 9.88 Å². The van der Waals surface area contributed by atoms with Gasteiger partial charge in [0.25, 0.3) is 11.5 Å². The van der Waals surface area contributed by atoms with E-state index in [1.165, 1.54) is 20.3 Å². The summed E-state index contributed by atoms with van der Waals surface area (Å²) in [6.07, 6.45) is 2.74. The summed E-state index contributed by atoms with van der Waals surface area (Å²) in [6, 6.07) is 6.71. The number of ether oxygens (including phenoxy) is 2. The highest BCUT2D eigenvalue weighted by Crippen LogP contribution is 2.28. The summed E-state index contributed by atoms with van der Waals surface area (Å²) < 4.78 is 12.1. The highest BCUT2D eigenvalue weighted by molar-refractivity contribution is 6.00. The van der Waals surface area contributed by atoms with E-state index in [9.17, 15) is 14.4 Å². The molecule has 1 atom stereocenters. The molecule has 0 saturated carbocycles. The lowest BCUT2D eigenvalue weighted by Crippen LogP contribution is -2.49. The van der Waals surface area contributed by atoms with Gasteiger partial charge in [-0.3, -0.25) is 19.5 Å². The minimum atomic E-state index is -0.627. The fraction of sp³-hybridized carbons (Fsp3) is 0.520. The Kier molecular flexibility index (Phi) is 7.31. The summed E-state index contributed by atoms with van der Waals surface area (Å²) in [4.78, 5) is 47.6. The molecule has 9 heteroatoms. The summed E-state index contributed by atoms with van der Waals surface area (Å²) >= 11 is 0. The second-order valence-electron chi connectivity index (χ2n) is 8.85. The zero-order chi connectivity index (χ0) is 24.2. The molecular formula is C25H32N4O5. The summed E-state index contributed by atoms with van der Waals surface area (Å²) in [5.74, 6) is -0.447. The number of pyridine rings is 2. The molecule has 0 aromatic carbocycles. The first kappa shape index (κ1) is 23.9. The van der Waals surface area contributed by atoms with Gasteiger partial charge in [-0.25, -0.2) is 4.79 Å². The van der Waals surface area contributed by atoms with Crippen molar-refractivity contribution < 1.29 is 19.1 Å². The molecule has 2 aliphatic rings. The van der Waals surface area contributed by atoms with E-state index in [0.29, 0.717) is 56.8 Å². The minimum absolute atomic E-state index is 0.193. The highest BCUT2D eigenvalue weighted by atomic mass is 16.5. The van der Waals surface area contributed by atoms with Crippen LogP contribution in [-0.4, -0.2) is 71.1 Å². The number of likely N-dealkylation sites (tertiary alicyclic amines) is 1. The molecule has 1 saturated heterocycles. The Bertz CT molecular complexity index is 1130. The molecule has 0 aliphatic carbocycles. The first-order valence-corrected chi connectivity index (χ1v) is 11.8. The topological polar surface area (TPSA) is 94.0 Å². The summed E-state index contributed by atoms with van der Waals surface area (Å²) in [5.41, 5.74) is 2.77. The number of aryl methyl sites for hydroxylation is 1. The van der Waals surface area contributed by atoms with Crippen LogP contribution in [0.15, 0.2) is 29.1 Å². The zero-order valence-electron chi connectivity index (χ0n) is 20.1. The van der Waals surface area contributed by atoms with Gasteiger partial charge in [0.15, 0.2) is 0 Å². The monoisotopic (exact) mass is 468 g/mol. The van der Waals surface area contributed by atoms with Crippen LogP contribution in [0.5, 0.6) is 5.75 Å². The third-order valence-corrected chi connectivity index (χ3v) is 6.69. The maximum Gasteiger partial charge on any atom is 0.328 e. The third kappa shape index (κ3) is 4.84. The summed E-state index contributed by atoms with van der Waals surface area (Å²) in [7, 11) is 2.80. The van der Waals surface area contributed by atoms with Gasteiger partial charge in [-0.05, 0) is 38.3 Å². The Labute approximate surface area is 199 Å². The molecule has 4 heterocycles. The number of methoxy groups -OCH3 is 2. The number of fused-ring (bicyclic) bond motifs is 1. The lowest BCUT2D eigenvalue weighted by atomic mass is 9.99. The molecular weight excluding hydrogens is 436 g/mol.